The summed E-state index contributed by atoms with van der Waals surface area (Å²) < 4.78 is 24.1. The van der Waals surface area contributed by atoms with Crippen molar-refractivity contribution in [1.29, 1.82) is 0 Å². The maximum Gasteiger partial charge on any atom is 0.511 e. The minimum Gasteiger partial charge on any atom is -0.502 e. The van der Waals surface area contributed by atoms with Gasteiger partial charge >= 0.3 is 6.16 Å². The van der Waals surface area contributed by atoms with Gasteiger partial charge in [-0.25, -0.2) is 4.79 Å². The highest BCUT2D eigenvalue weighted by Crippen LogP contribution is 2.54. The third-order valence-corrected chi connectivity index (χ3v) is 7.34. The summed E-state index contributed by atoms with van der Waals surface area (Å²) in [4.78, 5) is 11.7. The van der Waals surface area contributed by atoms with Crippen LogP contribution in [0.2, 0.25) is 0 Å². The average molecular weight is 581 g/mol. The fourth-order valence-corrected chi connectivity index (χ4v) is 4.91. The topological polar surface area (TPSA) is 94.5 Å². The van der Waals surface area contributed by atoms with Gasteiger partial charge in [-0.3, -0.25) is 0 Å². The van der Waals surface area contributed by atoms with Gasteiger partial charge in [-0.05, 0) is 32.1 Å². The first-order valence-electron chi connectivity index (χ1n) is 16.7. The quantitative estimate of drug-likeness (QED) is 0.0607. The van der Waals surface area contributed by atoms with Gasteiger partial charge in [0.25, 0.3) is 0 Å². The Kier molecular flexibility index (Phi) is 21.8. The second kappa shape index (κ2) is 24.3. The first-order chi connectivity index (χ1) is 20.0. The Bertz CT molecular complexity index is 809. The van der Waals surface area contributed by atoms with Crippen LogP contribution in [0.15, 0.2) is 0 Å². The van der Waals surface area contributed by atoms with Crippen LogP contribution >= 0.6 is 0 Å². The summed E-state index contributed by atoms with van der Waals surface area (Å²) in [7, 11) is 0. The van der Waals surface area contributed by atoms with Crippen LogP contribution in [-0.4, -0.2) is 36.2 Å². The van der Waals surface area contributed by atoms with Crippen LogP contribution in [-0.2, 0) is 6.42 Å². The Labute approximate surface area is 250 Å². The van der Waals surface area contributed by atoms with E-state index in [0.29, 0.717) is 43.3 Å². The van der Waals surface area contributed by atoms with E-state index in [0.717, 1.165) is 89.9 Å². The molecule has 0 amide bonds. The summed E-state index contributed by atoms with van der Waals surface area (Å²) in [5, 5.41) is 20.9. The van der Waals surface area contributed by atoms with Gasteiger partial charge in [0.1, 0.15) is 0 Å². The molecule has 0 aliphatic carbocycles. The number of rotatable bonds is 27. The summed E-state index contributed by atoms with van der Waals surface area (Å²) in [5.74, 6) is 0.557. The molecule has 0 radical (unpaired) electrons. The monoisotopic (exact) mass is 580 g/mol. The molecule has 7 nitrogen and oxygen atoms in total. The molecule has 0 fully saturated rings. The highest BCUT2D eigenvalue weighted by atomic mass is 16.7. The number of hydrogen-bond donors (Lipinski definition) is 2. The Morgan fingerprint density at radius 2 is 0.902 bits per heavy atom. The van der Waals surface area contributed by atoms with Crippen LogP contribution in [0.1, 0.15) is 155 Å². The molecule has 0 heterocycles. The number of benzene rings is 1. The van der Waals surface area contributed by atoms with Gasteiger partial charge in [0.15, 0.2) is 11.5 Å². The van der Waals surface area contributed by atoms with Crippen molar-refractivity contribution in [3.63, 3.8) is 0 Å². The number of phenolic OH excluding ortho intramolecular Hbond substituents is 1. The fraction of sp³-hybridized carbons (Fsp3) is 0.794. The van der Waals surface area contributed by atoms with Crippen LogP contribution in [0.25, 0.3) is 0 Å². The van der Waals surface area contributed by atoms with Crippen molar-refractivity contribution in [3.8, 4) is 28.7 Å². The van der Waals surface area contributed by atoms with Crippen LogP contribution in [0.5, 0.6) is 28.7 Å². The molecule has 41 heavy (non-hydrogen) atoms. The molecule has 0 bridgehead atoms. The van der Waals surface area contributed by atoms with Crippen molar-refractivity contribution in [1.82, 2.24) is 0 Å². The third kappa shape index (κ3) is 15.5. The molecule has 0 atom stereocenters. The van der Waals surface area contributed by atoms with Gasteiger partial charge in [-0.1, -0.05) is 124 Å². The SMILES string of the molecule is CCCCCCCOc1c(O)c(OC(=O)O)c(CCCCCC)c(OCCCCCCC)c1OCCCCCCC. The molecule has 1 aromatic carbocycles. The minimum absolute atomic E-state index is 0.0914. The molecule has 1 aromatic rings. The van der Waals surface area contributed by atoms with Gasteiger partial charge in [0.2, 0.25) is 17.2 Å². The lowest BCUT2D eigenvalue weighted by Gasteiger charge is -2.23. The number of ether oxygens (including phenoxy) is 4. The van der Waals surface area contributed by atoms with Crippen molar-refractivity contribution in [3.05, 3.63) is 5.56 Å². The number of phenols is 1. The summed E-state index contributed by atoms with van der Waals surface area (Å²) >= 11 is 0. The molecule has 0 aromatic heterocycles. The molecule has 0 unspecified atom stereocenters. The Balaban J connectivity index is 3.40. The zero-order chi connectivity index (χ0) is 30.1. The van der Waals surface area contributed by atoms with Gasteiger partial charge in [0, 0.05) is 5.56 Å². The van der Waals surface area contributed by atoms with E-state index in [1.807, 2.05) is 0 Å². The zero-order valence-electron chi connectivity index (χ0n) is 26.7. The first-order valence-corrected chi connectivity index (χ1v) is 16.7. The molecule has 2 N–H and O–H groups in total. The normalized spacial score (nSPS) is 11.0. The third-order valence-electron chi connectivity index (χ3n) is 7.34. The lowest BCUT2D eigenvalue weighted by molar-refractivity contribution is 0.141. The Morgan fingerprint density at radius 1 is 0.512 bits per heavy atom. The molecule has 0 spiro atoms. The van der Waals surface area contributed by atoms with Crippen LogP contribution in [0, 0.1) is 0 Å². The van der Waals surface area contributed by atoms with Crippen molar-refractivity contribution >= 4 is 6.16 Å². The molecule has 0 saturated heterocycles. The highest BCUT2D eigenvalue weighted by Gasteiger charge is 2.30. The number of unbranched alkanes of at least 4 members (excludes halogenated alkanes) is 15. The van der Waals surface area contributed by atoms with E-state index in [9.17, 15) is 15.0 Å². The number of carbonyl (C=O) groups is 1. The molecule has 238 valence electrons. The van der Waals surface area contributed by atoms with Gasteiger partial charge in [-0.15, -0.1) is 0 Å². The maximum atomic E-state index is 11.7. The van der Waals surface area contributed by atoms with E-state index >= 15 is 0 Å². The Morgan fingerprint density at radius 3 is 1.34 bits per heavy atom. The molecule has 7 heteroatoms. The number of hydrogen-bond acceptors (Lipinski definition) is 6. The van der Waals surface area contributed by atoms with Gasteiger partial charge in [0.05, 0.1) is 19.8 Å². The van der Waals surface area contributed by atoms with Crippen molar-refractivity contribution in [2.45, 2.75) is 156 Å². The van der Waals surface area contributed by atoms with Crippen LogP contribution in [0.3, 0.4) is 0 Å². The lowest BCUT2D eigenvalue weighted by atomic mass is 10.0. The number of carboxylic acid groups (broad SMARTS) is 1. The Hall–Kier alpha value is -2.31. The second-order valence-electron chi connectivity index (χ2n) is 11.1. The largest absolute Gasteiger partial charge is 0.511 e. The molecule has 0 aliphatic rings. The van der Waals surface area contributed by atoms with Gasteiger partial charge < -0.3 is 29.2 Å². The molecule has 1 rings (SSSR count). The van der Waals surface area contributed by atoms with E-state index in [1.165, 1.54) is 32.1 Å². The van der Waals surface area contributed by atoms with E-state index in [2.05, 4.69) is 27.7 Å². The average Bonchev–Trinajstić information content (AvgIpc) is 2.95. The van der Waals surface area contributed by atoms with Crippen molar-refractivity contribution < 1.29 is 34.0 Å². The standard InChI is InChI=1S/C34H60O7/c1-5-9-13-17-21-25-38-31-28(24-20-16-12-8-4)30(41-34(36)37)29(35)32(39-26-22-18-14-10-6-2)33(31)40-27-23-19-15-11-7-3/h35H,5-27H2,1-4H3,(H,36,37). The smallest absolute Gasteiger partial charge is 0.502 e. The lowest BCUT2D eigenvalue weighted by Crippen LogP contribution is -2.12. The van der Waals surface area contributed by atoms with E-state index in [-0.39, 0.29) is 17.2 Å². The summed E-state index contributed by atoms with van der Waals surface area (Å²) in [6.07, 6.45) is 19.3. The van der Waals surface area contributed by atoms with Crippen molar-refractivity contribution in [2.75, 3.05) is 19.8 Å². The summed E-state index contributed by atoms with van der Waals surface area (Å²) in [6, 6.07) is 0. The highest BCUT2D eigenvalue weighted by molar-refractivity contribution is 5.73. The van der Waals surface area contributed by atoms with Crippen LogP contribution in [0.4, 0.5) is 4.79 Å². The van der Waals surface area contributed by atoms with E-state index < -0.39 is 6.16 Å². The predicted octanol–water partition coefficient (Wildman–Crippen LogP) is 10.6. The van der Waals surface area contributed by atoms with Gasteiger partial charge in [-0.2, -0.15) is 0 Å². The van der Waals surface area contributed by atoms with Crippen molar-refractivity contribution in [2.24, 2.45) is 0 Å². The minimum atomic E-state index is -1.48. The maximum absolute atomic E-state index is 11.7. The molecule has 0 saturated carbocycles. The predicted molar refractivity (Wildman–Crippen MR) is 167 cm³/mol. The number of aromatic hydroxyl groups is 1. The molecule has 0 aliphatic heterocycles. The second-order valence-corrected chi connectivity index (χ2v) is 11.1. The fourth-order valence-electron chi connectivity index (χ4n) is 4.91. The first kappa shape index (κ1) is 36.7. The van der Waals surface area contributed by atoms with Crippen LogP contribution < -0.4 is 18.9 Å². The van der Waals surface area contributed by atoms with E-state index in [1.54, 1.807) is 0 Å². The summed E-state index contributed by atoms with van der Waals surface area (Å²) in [6.45, 7) is 10.1. The molecular formula is C34H60O7. The molecular weight excluding hydrogens is 520 g/mol. The zero-order valence-corrected chi connectivity index (χ0v) is 26.7. The summed E-state index contributed by atoms with van der Waals surface area (Å²) in [5.41, 5.74) is 0.547. The van der Waals surface area contributed by atoms with E-state index in [4.69, 9.17) is 18.9 Å².